The number of benzene rings is 2. The Bertz CT molecular complexity index is 945. The van der Waals surface area contributed by atoms with Gasteiger partial charge in [0.25, 0.3) is 0 Å². The summed E-state index contributed by atoms with van der Waals surface area (Å²) < 4.78 is 0. The molecule has 0 amide bonds. The molecule has 4 nitrogen and oxygen atoms in total. The molecule has 0 radical (unpaired) electrons. The van der Waals surface area contributed by atoms with E-state index >= 15 is 0 Å². The number of pyridine rings is 1. The summed E-state index contributed by atoms with van der Waals surface area (Å²) >= 11 is 0. The van der Waals surface area contributed by atoms with Crippen LogP contribution in [0.15, 0.2) is 66.9 Å². The van der Waals surface area contributed by atoms with Crippen LogP contribution in [0.5, 0.6) is 0 Å². The average molecular weight is 359 g/mol. The molecule has 0 aliphatic rings. The van der Waals surface area contributed by atoms with Gasteiger partial charge in [0.2, 0.25) is 0 Å². The summed E-state index contributed by atoms with van der Waals surface area (Å²) in [5.41, 5.74) is 3.66. The summed E-state index contributed by atoms with van der Waals surface area (Å²) in [6.45, 7) is 1.93. The van der Waals surface area contributed by atoms with Crippen molar-refractivity contribution in [2.45, 2.75) is 0 Å². The van der Waals surface area contributed by atoms with Crippen molar-refractivity contribution < 1.29 is 4.79 Å². The molecule has 0 saturated heterocycles. The molecule has 4 heteroatoms. The molecule has 2 aromatic carbocycles. The fourth-order valence-corrected chi connectivity index (χ4v) is 2.81. The standard InChI is InChI=1S/C23H25N3O/c1-25(2)14-15-26(3)21-11-9-19(10-12-21)23(27)13-8-18-16-20-6-4-5-7-22(20)24-17-18/h4-13,16-17H,14-15H2,1-3H3. The van der Waals surface area contributed by atoms with Crippen LogP contribution in [0.1, 0.15) is 15.9 Å². The zero-order valence-electron chi connectivity index (χ0n) is 16.1. The molecule has 138 valence electrons. The number of carbonyl (C=O) groups excluding carboxylic acids is 1. The Labute approximate surface area is 160 Å². The third-order valence-electron chi connectivity index (χ3n) is 4.51. The van der Waals surface area contributed by atoms with E-state index in [1.165, 1.54) is 0 Å². The molecule has 0 N–H and O–H groups in total. The second-order valence-corrected chi connectivity index (χ2v) is 6.93. The fourth-order valence-electron chi connectivity index (χ4n) is 2.81. The maximum absolute atomic E-state index is 12.5. The van der Waals surface area contributed by atoms with Gasteiger partial charge in [-0.2, -0.15) is 0 Å². The summed E-state index contributed by atoms with van der Waals surface area (Å²) in [6, 6.07) is 17.7. The van der Waals surface area contributed by atoms with Gasteiger partial charge >= 0.3 is 0 Å². The molecule has 0 spiro atoms. The van der Waals surface area contributed by atoms with Crippen LogP contribution in [0.2, 0.25) is 0 Å². The minimum Gasteiger partial charge on any atom is -0.373 e. The van der Waals surface area contributed by atoms with E-state index in [0.29, 0.717) is 5.56 Å². The molecule has 3 rings (SSSR count). The van der Waals surface area contributed by atoms with Crippen LogP contribution < -0.4 is 4.90 Å². The van der Waals surface area contributed by atoms with Crippen LogP contribution in [0.4, 0.5) is 5.69 Å². The number of carbonyl (C=O) groups is 1. The number of hydrogen-bond donors (Lipinski definition) is 0. The first-order valence-electron chi connectivity index (χ1n) is 9.06. The maximum atomic E-state index is 12.5. The van der Waals surface area contributed by atoms with Gasteiger partial charge in [0.1, 0.15) is 0 Å². The second kappa shape index (κ2) is 8.60. The van der Waals surface area contributed by atoms with Crippen LogP contribution >= 0.6 is 0 Å². The van der Waals surface area contributed by atoms with Crippen LogP contribution in [0.3, 0.4) is 0 Å². The zero-order chi connectivity index (χ0) is 19.2. The van der Waals surface area contributed by atoms with Gasteiger partial charge in [0, 0.05) is 43.0 Å². The first-order valence-corrected chi connectivity index (χ1v) is 9.06. The molecular weight excluding hydrogens is 334 g/mol. The lowest BCUT2D eigenvalue weighted by Gasteiger charge is -2.21. The van der Waals surface area contributed by atoms with E-state index in [-0.39, 0.29) is 5.78 Å². The number of anilines is 1. The highest BCUT2D eigenvalue weighted by molar-refractivity contribution is 6.07. The molecule has 1 aromatic heterocycles. The highest BCUT2D eigenvalue weighted by Gasteiger charge is 2.05. The number of para-hydroxylation sites is 1. The molecule has 27 heavy (non-hydrogen) atoms. The highest BCUT2D eigenvalue weighted by atomic mass is 16.1. The predicted octanol–water partition coefficient (Wildman–Crippen LogP) is 4.13. The molecule has 0 atom stereocenters. The van der Waals surface area contributed by atoms with Crippen LogP contribution in [-0.2, 0) is 0 Å². The molecule has 0 bridgehead atoms. The molecule has 0 unspecified atom stereocenters. The van der Waals surface area contributed by atoms with E-state index < -0.39 is 0 Å². The number of likely N-dealkylation sites (N-methyl/N-ethyl adjacent to an activating group) is 2. The summed E-state index contributed by atoms with van der Waals surface area (Å²) in [5.74, 6) is -0.00865. The van der Waals surface area contributed by atoms with Crippen molar-refractivity contribution in [1.82, 2.24) is 9.88 Å². The largest absolute Gasteiger partial charge is 0.373 e. The Morgan fingerprint density at radius 3 is 2.48 bits per heavy atom. The molecule has 0 saturated carbocycles. The van der Waals surface area contributed by atoms with Crippen LogP contribution in [0, 0.1) is 0 Å². The number of aromatic nitrogens is 1. The molecular formula is C23H25N3O. The van der Waals surface area contributed by atoms with E-state index in [4.69, 9.17) is 0 Å². The van der Waals surface area contributed by atoms with Crippen molar-refractivity contribution in [3.05, 3.63) is 78.0 Å². The maximum Gasteiger partial charge on any atom is 0.185 e. The van der Waals surface area contributed by atoms with Crippen molar-refractivity contribution in [2.75, 3.05) is 39.1 Å². The predicted molar refractivity (Wildman–Crippen MR) is 113 cm³/mol. The first-order chi connectivity index (χ1) is 13.0. The smallest absolute Gasteiger partial charge is 0.185 e. The average Bonchev–Trinajstić information content (AvgIpc) is 2.70. The number of nitrogens with zero attached hydrogens (tertiary/aromatic N) is 3. The van der Waals surface area contributed by atoms with Gasteiger partial charge in [0.15, 0.2) is 5.78 Å². The summed E-state index contributed by atoms with van der Waals surface area (Å²) in [6.07, 6.45) is 5.21. The Hall–Kier alpha value is -2.98. The van der Waals surface area contributed by atoms with Crippen molar-refractivity contribution in [1.29, 1.82) is 0 Å². The van der Waals surface area contributed by atoms with Crippen molar-refractivity contribution in [2.24, 2.45) is 0 Å². The van der Waals surface area contributed by atoms with Gasteiger partial charge in [0.05, 0.1) is 5.52 Å². The van der Waals surface area contributed by atoms with Gasteiger partial charge in [-0.3, -0.25) is 9.78 Å². The Balaban J connectivity index is 1.67. The molecule has 1 heterocycles. The number of hydrogen-bond acceptors (Lipinski definition) is 4. The van der Waals surface area contributed by atoms with Gasteiger partial charge in [-0.25, -0.2) is 0 Å². The third kappa shape index (κ3) is 5.02. The van der Waals surface area contributed by atoms with E-state index in [1.54, 1.807) is 12.3 Å². The van der Waals surface area contributed by atoms with Crippen LogP contribution in [-0.4, -0.2) is 49.9 Å². The summed E-state index contributed by atoms with van der Waals surface area (Å²) in [4.78, 5) is 21.2. The number of ketones is 1. The normalized spacial score (nSPS) is 11.4. The molecule has 0 aliphatic carbocycles. The molecule has 3 aromatic rings. The Morgan fingerprint density at radius 2 is 1.74 bits per heavy atom. The minimum atomic E-state index is -0.00865. The van der Waals surface area contributed by atoms with Gasteiger partial charge in [-0.05, 0) is 68.2 Å². The lowest BCUT2D eigenvalue weighted by atomic mass is 10.1. The van der Waals surface area contributed by atoms with Crippen LogP contribution in [0.25, 0.3) is 17.0 Å². The van der Waals surface area contributed by atoms with E-state index in [9.17, 15) is 4.79 Å². The lowest BCUT2D eigenvalue weighted by Crippen LogP contribution is -2.28. The van der Waals surface area contributed by atoms with E-state index in [0.717, 1.165) is 35.2 Å². The lowest BCUT2D eigenvalue weighted by molar-refractivity contribution is 0.104. The first kappa shape index (κ1) is 18.8. The highest BCUT2D eigenvalue weighted by Crippen LogP contribution is 2.16. The molecule has 0 fully saturated rings. The zero-order valence-corrected chi connectivity index (χ0v) is 16.1. The third-order valence-corrected chi connectivity index (χ3v) is 4.51. The molecule has 0 aliphatic heterocycles. The van der Waals surface area contributed by atoms with Gasteiger partial charge in [-0.1, -0.05) is 18.2 Å². The number of fused-ring (bicyclic) bond motifs is 1. The number of allylic oxidation sites excluding steroid dienone is 1. The fraction of sp³-hybridized carbons (Fsp3) is 0.217. The second-order valence-electron chi connectivity index (χ2n) is 6.93. The SMILES string of the molecule is CN(C)CCN(C)c1ccc(C(=O)C=Cc2cnc3ccccc3c2)cc1. The van der Waals surface area contributed by atoms with Crippen molar-refractivity contribution >= 4 is 28.4 Å². The number of rotatable bonds is 7. The summed E-state index contributed by atoms with van der Waals surface area (Å²) in [7, 11) is 6.19. The summed E-state index contributed by atoms with van der Waals surface area (Å²) in [5, 5.41) is 1.07. The van der Waals surface area contributed by atoms with Crippen molar-refractivity contribution in [3.8, 4) is 0 Å². The van der Waals surface area contributed by atoms with Crippen molar-refractivity contribution in [3.63, 3.8) is 0 Å². The van der Waals surface area contributed by atoms with E-state index in [2.05, 4.69) is 35.9 Å². The van der Waals surface area contributed by atoms with E-state index in [1.807, 2.05) is 60.7 Å². The quantitative estimate of drug-likeness (QED) is 0.469. The monoisotopic (exact) mass is 359 g/mol. The van der Waals surface area contributed by atoms with Gasteiger partial charge < -0.3 is 9.80 Å². The minimum absolute atomic E-state index is 0.00865. The topological polar surface area (TPSA) is 36.4 Å². The Morgan fingerprint density at radius 1 is 1.00 bits per heavy atom. The van der Waals surface area contributed by atoms with Gasteiger partial charge in [-0.15, -0.1) is 0 Å². The Kier molecular flexibility index (Phi) is 5.99.